The van der Waals surface area contributed by atoms with Gasteiger partial charge < -0.3 is 20.7 Å². The molecule has 3 N–H and O–H groups in total. The third-order valence-electron chi connectivity index (χ3n) is 5.59. The molecule has 0 aliphatic carbocycles. The van der Waals surface area contributed by atoms with Gasteiger partial charge in [-0.05, 0) is 55.7 Å². The number of ether oxygens (including phenoxy) is 1. The molecule has 4 rings (SSSR count). The van der Waals surface area contributed by atoms with Gasteiger partial charge in [-0.1, -0.05) is 29.3 Å². The molecule has 1 saturated heterocycles. The van der Waals surface area contributed by atoms with E-state index >= 15 is 0 Å². The monoisotopic (exact) mass is 496 g/mol. The van der Waals surface area contributed by atoms with Gasteiger partial charge in [-0.3, -0.25) is 4.79 Å². The first-order chi connectivity index (χ1) is 16.3. The Morgan fingerprint density at radius 3 is 2.68 bits per heavy atom. The highest BCUT2D eigenvalue weighted by Crippen LogP contribution is 2.36. The molecule has 174 valence electrons. The van der Waals surface area contributed by atoms with Gasteiger partial charge in [0.25, 0.3) is 0 Å². The van der Waals surface area contributed by atoms with Gasteiger partial charge in [0.2, 0.25) is 17.7 Å². The first-order valence-corrected chi connectivity index (χ1v) is 11.4. The molecule has 0 spiro atoms. The maximum absolute atomic E-state index is 11.5. The molecular formula is C24H22Cl2N6O2. The molecule has 0 unspecified atom stereocenters. The number of carbonyl (C=O) groups excluding carboxylic acids is 1. The van der Waals surface area contributed by atoms with Crippen molar-refractivity contribution in [3.63, 3.8) is 0 Å². The maximum Gasteiger partial charge on any atom is 0.248 e. The lowest BCUT2D eigenvalue weighted by atomic mass is 10.0. The van der Waals surface area contributed by atoms with Crippen LogP contribution < -0.4 is 20.7 Å². The third-order valence-corrected chi connectivity index (χ3v) is 6.13. The number of halogens is 2. The predicted octanol–water partition coefficient (Wildman–Crippen LogP) is 4.94. The zero-order valence-corrected chi connectivity index (χ0v) is 19.9. The highest BCUT2D eigenvalue weighted by atomic mass is 35.5. The number of nitrogens with one attached hydrogen (secondary N) is 1. The third kappa shape index (κ3) is 5.33. The van der Waals surface area contributed by atoms with E-state index in [0.717, 1.165) is 31.6 Å². The zero-order valence-electron chi connectivity index (χ0n) is 18.4. The molecular weight excluding hydrogens is 475 g/mol. The van der Waals surface area contributed by atoms with Gasteiger partial charge >= 0.3 is 0 Å². The van der Waals surface area contributed by atoms with Gasteiger partial charge in [-0.25, -0.2) is 4.98 Å². The molecule has 0 atom stereocenters. The summed E-state index contributed by atoms with van der Waals surface area (Å²) in [5.74, 6) is 0.526. The van der Waals surface area contributed by atoms with Crippen LogP contribution in [0.1, 0.15) is 34.3 Å². The van der Waals surface area contributed by atoms with Crippen LogP contribution in [0.5, 0.6) is 11.6 Å². The molecule has 1 aliphatic rings. The number of nitrogens with two attached hydrogens (primary N) is 1. The second-order valence-corrected chi connectivity index (χ2v) is 8.80. The molecule has 8 nitrogen and oxygen atoms in total. The molecule has 10 heteroatoms. The molecule has 0 saturated carbocycles. The van der Waals surface area contributed by atoms with E-state index in [1.807, 2.05) is 18.2 Å². The number of amides is 1. The first kappa shape index (κ1) is 23.6. The van der Waals surface area contributed by atoms with Crippen LogP contribution in [-0.2, 0) is 0 Å². The van der Waals surface area contributed by atoms with Crippen molar-refractivity contribution in [1.29, 1.82) is 5.26 Å². The number of nitriles is 1. The number of aryl methyl sites for hydroxylation is 1. The zero-order chi connectivity index (χ0) is 24.2. The highest BCUT2D eigenvalue weighted by molar-refractivity contribution is 6.32. The van der Waals surface area contributed by atoms with Gasteiger partial charge in [-0.15, -0.1) is 0 Å². The fourth-order valence-electron chi connectivity index (χ4n) is 3.83. The van der Waals surface area contributed by atoms with Gasteiger partial charge in [0.15, 0.2) is 5.75 Å². The van der Waals surface area contributed by atoms with Crippen LogP contribution in [0.4, 0.5) is 11.6 Å². The van der Waals surface area contributed by atoms with Crippen molar-refractivity contribution in [3.05, 3.63) is 69.3 Å². The average Bonchev–Trinajstić information content (AvgIpc) is 2.83. The molecule has 0 bridgehead atoms. The smallest absolute Gasteiger partial charge is 0.248 e. The van der Waals surface area contributed by atoms with Gasteiger partial charge in [0, 0.05) is 30.4 Å². The number of primary amides is 1. The van der Waals surface area contributed by atoms with Crippen LogP contribution in [0.3, 0.4) is 0 Å². The minimum Gasteiger partial charge on any atom is -0.436 e. The van der Waals surface area contributed by atoms with E-state index < -0.39 is 5.91 Å². The summed E-state index contributed by atoms with van der Waals surface area (Å²) >= 11 is 12.6. The van der Waals surface area contributed by atoms with Crippen molar-refractivity contribution >= 4 is 40.7 Å². The Morgan fingerprint density at radius 1 is 1.24 bits per heavy atom. The van der Waals surface area contributed by atoms with E-state index in [1.54, 1.807) is 19.1 Å². The number of anilines is 2. The van der Waals surface area contributed by atoms with Crippen LogP contribution in [0, 0.1) is 18.3 Å². The molecule has 1 aromatic heterocycles. The van der Waals surface area contributed by atoms with E-state index in [9.17, 15) is 4.79 Å². The summed E-state index contributed by atoms with van der Waals surface area (Å²) in [4.78, 5) is 22.4. The predicted molar refractivity (Wildman–Crippen MR) is 132 cm³/mol. The number of aromatic nitrogens is 2. The van der Waals surface area contributed by atoms with Gasteiger partial charge in [0.05, 0.1) is 22.9 Å². The van der Waals surface area contributed by atoms with Crippen LogP contribution in [0.2, 0.25) is 10.0 Å². The molecule has 2 heterocycles. The van der Waals surface area contributed by atoms with E-state index in [4.69, 9.17) is 38.9 Å². The van der Waals surface area contributed by atoms with Crippen molar-refractivity contribution in [3.8, 4) is 17.7 Å². The minimum absolute atomic E-state index is 0.157. The quantitative estimate of drug-likeness (QED) is 0.496. The minimum atomic E-state index is -0.436. The standard InChI is InChI=1S/C24H22Cl2N6O2/c1-14-9-15(12-27)10-19(25)21(14)34-23-20(26)13-29-24(31-23)30-17-5-7-32(8-6-17)18-4-2-3-16(11-18)22(28)33/h2-4,9-11,13,17H,5-8H2,1H3,(H2,28,33)(H,29,30,31). The van der Waals surface area contributed by atoms with Gasteiger partial charge in [-0.2, -0.15) is 10.2 Å². The normalized spacial score (nSPS) is 13.9. The van der Waals surface area contributed by atoms with Crippen LogP contribution in [0.15, 0.2) is 42.6 Å². The summed E-state index contributed by atoms with van der Waals surface area (Å²) in [6, 6.07) is 12.8. The molecule has 1 amide bonds. The number of hydrogen-bond acceptors (Lipinski definition) is 7. The molecule has 3 aromatic rings. The molecule has 1 aliphatic heterocycles. The first-order valence-electron chi connectivity index (χ1n) is 10.7. The van der Waals surface area contributed by atoms with Crippen molar-refractivity contribution in [2.75, 3.05) is 23.3 Å². The Morgan fingerprint density at radius 2 is 2.00 bits per heavy atom. The lowest BCUT2D eigenvalue weighted by Crippen LogP contribution is -2.39. The fourth-order valence-corrected chi connectivity index (χ4v) is 4.27. The Hall–Kier alpha value is -3.54. The summed E-state index contributed by atoms with van der Waals surface area (Å²) in [5.41, 5.74) is 8.01. The summed E-state index contributed by atoms with van der Waals surface area (Å²) in [6.45, 7) is 3.40. The highest BCUT2D eigenvalue weighted by Gasteiger charge is 2.21. The Labute approximate surface area is 207 Å². The Kier molecular flexibility index (Phi) is 7.06. The molecule has 1 fully saturated rings. The van der Waals surface area contributed by atoms with E-state index in [1.165, 1.54) is 12.3 Å². The number of piperidine rings is 1. The summed E-state index contributed by atoms with van der Waals surface area (Å²) in [7, 11) is 0. The molecule has 0 radical (unpaired) electrons. The Balaban J connectivity index is 1.42. The number of rotatable bonds is 6. The van der Waals surface area contributed by atoms with E-state index in [-0.39, 0.29) is 16.9 Å². The van der Waals surface area contributed by atoms with E-state index in [2.05, 4.69) is 26.3 Å². The number of hydrogen-bond donors (Lipinski definition) is 2. The lowest BCUT2D eigenvalue weighted by Gasteiger charge is -2.34. The maximum atomic E-state index is 11.5. The number of carbonyl (C=O) groups is 1. The van der Waals surface area contributed by atoms with Gasteiger partial charge in [0.1, 0.15) is 5.02 Å². The second kappa shape index (κ2) is 10.2. The summed E-state index contributed by atoms with van der Waals surface area (Å²) in [5, 5.41) is 13.0. The topological polar surface area (TPSA) is 117 Å². The van der Waals surface area contributed by atoms with Crippen molar-refractivity contribution < 1.29 is 9.53 Å². The van der Waals surface area contributed by atoms with Crippen LogP contribution >= 0.6 is 23.2 Å². The van der Waals surface area contributed by atoms with Crippen LogP contribution in [0.25, 0.3) is 0 Å². The van der Waals surface area contributed by atoms with E-state index in [0.29, 0.717) is 33.4 Å². The number of nitrogens with zero attached hydrogens (tertiary/aromatic N) is 4. The fraction of sp³-hybridized carbons (Fsp3) is 0.250. The summed E-state index contributed by atoms with van der Waals surface area (Å²) in [6.07, 6.45) is 3.18. The molecule has 2 aromatic carbocycles. The SMILES string of the molecule is Cc1cc(C#N)cc(Cl)c1Oc1nc(NC2CCN(c3cccc(C(N)=O)c3)CC2)ncc1Cl. The largest absolute Gasteiger partial charge is 0.436 e. The Bertz CT molecular complexity index is 1250. The second-order valence-electron chi connectivity index (χ2n) is 7.98. The number of benzene rings is 2. The van der Waals surface area contributed by atoms with Crippen LogP contribution in [-0.4, -0.2) is 35.0 Å². The van der Waals surface area contributed by atoms with Crippen molar-refractivity contribution in [1.82, 2.24) is 9.97 Å². The lowest BCUT2D eigenvalue weighted by molar-refractivity contribution is 0.100. The summed E-state index contributed by atoms with van der Waals surface area (Å²) < 4.78 is 5.90. The van der Waals surface area contributed by atoms with Crippen molar-refractivity contribution in [2.45, 2.75) is 25.8 Å². The molecule has 34 heavy (non-hydrogen) atoms. The van der Waals surface area contributed by atoms with Crippen molar-refractivity contribution in [2.24, 2.45) is 5.73 Å². The average molecular weight is 497 g/mol.